The molecule has 4 aliphatic rings. The summed E-state index contributed by atoms with van der Waals surface area (Å²) in [5.41, 5.74) is -0.528. The SMILES string of the molecule is C#Cc1c(F)ccc2cc(O)cc(-c3ncc4c(N5[C@H]6COC[C@@H](C)[C@@H]5C6)nc(OC[C@@]56CCCN5C[C@H](F)C6)nc4c3F)c12. The van der Waals surface area contributed by atoms with E-state index in [0.717, 1.165) is 25.8 Å². The van der Waals surface area contributed by atoms with Crippen LogP contribution in [0.2, 0.25) is 0 Å². The highest BCUT2D eigenvalue weighted by Crippen LogP contribution is 2.44. The zero-order valence-electron chi connectivity index (χ0n) is 24.8. The Balaban J connectivity index is 1.29. The van der Waals surface area contributed by atoms with E-state index in [0.29, 0.717) is 42.8 Å². The molecule has 4 fully saturated rings. The summed E-state index contributed by atoms with van der Waals surface area (Å²) in [5, 5.41) is 11.6. The molecule has 232 valence electrons. The normalized spacial score (nSPS) is 27.8. The average molecular weight is 616 g/mol. The number of hydrogen-bond donors (Lipinski definition) is 1. The van der Waals surface area contributed by atoms with Gasteiger partial charge in [-0.2, -0.15) is 9.97 Å². The van der Waals surface area contributed by atoms with Crippen LogP contribution < -0.4 is 9.64 Å². The van der Waals surface area contributed by atoms with Crippen LogP contribution in [0.25, 0.3) is 32.9 Å². The van der Waals surface area contributed by atoms with Crippen molar-refractivity contribution in [2.45, 2.75) is 56.4 Å². The van der Waals surface area contributed by atoms with Gasteiger partial charge in [-0.25, -0.2) is 13.2 Å². The summed E-state index contributed by atoms with van der Waals surface area (Å²) in [4.78, 5) is 18.2. The molecule has 6 heterocycles. The second-order valence-electron chi connectivity index (χ2n) is 12.9. The first-order valence-corrected chi connectivity index (χ1v) is 15.4. The Morgan fingerprint density at radius 3 is 2.93 bits per heavy atom. The Kier molecular flexibility index (Phi) is 6.59. The average Bonchev–Trinajstić information content (AvgIpc) is 3.39. The number of aromatic hydroxyl groups is 1. The highest BCUT2D eigenvalue weighted by Gasteiger charge is 2.50. The van der Waals surface area contributed by atoms with Crippen LogP contribution >= 0.6 is 0 Å². The molecule has 45 heavy (non-hydrogen) atoms. The standard InChI is InChI=1S/C34H32F3N5O3/c1-3-23-26(36)6-5-19-9-22(43)11-24(28(19)23)30-29(37)31-25(13-38-30)32(42-21-10-27(42)18(2)15-44-16-21)40-33(39-31)45-17-34-7-4-8-41(34)14-20(35)12-34/h1,5-6,9,11,13,18,20-21,27,43H,4,7-8,10,12,14-17H2,2H3/t18-,20-,21-,27+,34+/m1/s1. The van der Waals surface area contributed by atoms with Crippen LogP contribution in [0.3, 0.4) is 0 Å². The largest absolute Gasteiger partial charge is 0.508 e. The van der Waals surface area contributed by atoms with E-state index in [1.165, 1.54) is 30.5 Å². The first-order valence-electron chi connectivity index (χ1n) is 15.4. The summed E-state index contributed by atoms with van der Waals surface area (Å²) in [5.74, 6) is 1.52. The third-order valence-corrected chi connectivity index (χ3v) is 10.2. The lowest BCUT2D eigenvalue weighted by atomic mass is 9.85. The van der Waals surface area contributed by atoms with Crippen molar-refractivity contribution >= 4 is 27.5 Å². The van der Waals surface area contributed by atoms with E-state index >= 15 is 4.39 Å². The predicted molar refractivity (Wildman–Crippen MR) is 163 cm³/mol. The molecule has 0 unspecified atom stereocenters. The summed E-state index contributed by atoms with van der Waals surface area (Å²) in [7, 11) is 0. The smallest absolute Gasteiger partial charge is 0.319 e. The Labute approximate surface area is 258 Å². The van der Waals surface area contributed by atoms with Crippen molar-refractivity contribution in [1.29, 1.82) is 0 Å². The minimum atomic E-state index is -0.923. The van der Waals surface area contributed by atoms with Gasteiger partial charge in [0.2, 0.25) is 0 Å². The quantitative estimate of drug-likeness (QED) is 0.300. The van der Waals surface area contributed by atoms with Crippen molar-refractivity contribution in [1.82, 2.24) is 19.9 Å². The summed E-state index contributed by atoms with van der Waals surface area (Å²) in [6.07, 6.45) is 9.32. The molecule has 0 spiro atoms. The molecule has 4 saturated heterocycles. The van der Waals surface area contributed by atoms with Crippen LogP contribution in [-0.2, 0) is 4.74 Å². The van der Waals surface area contributed by atoms with Gasteiger partial charge in [0.05, 0.1) is 35.7 Å². The van der Waals surface area contributed by atoms with E-state index in [4.69, 9.17) is 20.9 Å². The Hall–Kier alpha value is -4.14. The molecular weight excluding hydrogens is 583 g/mol. The zero-order valence-corrected chi connectivity index (χ0v) is 24.8. The molecule has 0 saturated carbocycles. The van der Waals surface area contributed by atoms with E-state index in [2.05, 4.69) is 32.6 Å². The number of phenols is 1. The van der Waals surface area contributed by atoms with Gasteiger partial charge in [0.25, 0.3) is 0 Å². The number of phenolic OH excluding ortho intramolecular Hbond substituents is 1. The van der Waals surface area contributed by atoms with E-state index in [-0.39, 0.29) is 64.1 Å². The van der Waals surface area contributed by atoms with Gasteiger partial charge >= 0.3 is 6.01 Å². The highest BCUT2D eigenvalue weighted by molar-refractivity contribution is 6.03. The van der Waals surface area contributed by atoms with Crippen molar-refractivity contribution in [3.05, 3.63) is 47.7 Å². The lowest BCUT2D eigenvalue weighted by molar-refractivity contribution is 0.107. The van der Waals surface area contributed by atoms with Gasteiger partial charge in [0.1, 0.15) is 41.4 Å². The number of terminal acetylenes is 1. The molecule has 4 aromatic rings. The third kappa shape index (κ3) is 4.41. The van der Waals surface area contributed by atoms with Crippen molar-refractivity contribution < 1.29 is 27.8 Å². The number of alkyl halides is 1. The molecule has 2 aromatic heterocycles. The Morgan fingerprint density at radius 2 is 2.09 bits per heavy atom. The van der Waals surface area contributed by atoms with E-state index in [9.17, 15) is 13.9 Å². The minimum Gasteiger partial charge on any atom is -0.508 e. The van der Waals surface area contributed by atoms with Crippen molar-refractivity contribution in [2.75, 3.05) is 37.8 Å². The summed E-state index contributed by atoms with van der Waals surface area (Å²) in [6, 6.07) is 5.63. The monoisotopic (exact) mass is 615 g/mol. The fourth-order valence-electron chi connectivity index (χ4n) is 8.00. The first kappa shape index (κ1) is 28.3. The topological polar surface area (TPSA) is 83.8 Å². The first-order chi connectivity index (χ1) is 21.8. The van der Waals surface area contributed by atoms with E-state index in [1.807, 2.05) is 0 Å². The van der Waals surface area contributed by atoms with Gasteiger partial charge in [-0.1, -0.05) is 18.9 Å². The minimum absolute atomic E-state index is 0.00886. The molecule has 1 N–H and O–H groups in total. The molecule has 0 radical (unpaired) electrons. The summed E-state index contributed by atoms with van der Waals surface area (Å²) >= 11 is 0. The van der Waals surface area contributed by atoms with Crippen LogP contribution in [0.1, 0.15) is 38.2 Å². The van der Waals surface area contributed by atoms with Gasteiger partial charge in [-0.3, -0.25) is 9.88 Å². The lowest BCUT2D eigenvalue weighted by Gasteiger charge is -2.49. The number of rotatable bonds is 5. The number of hydrogen-bond acceptors (Lipinski definition) is 8. The number of ether oxygens (including phenoxy) is 2. The van der Waals surface area contributed by atoms with Crippen LogP contribution in [-0.4, -0.2) is 81.7 Å². The van der Waals surface area contributed by atoms with Crippen molar-refractivity contribution in [3.8, 4) is 35.4 Å². The van der Waals surface area contributed by atoms with Crippen LogP contribution in [0.5, 0.6) is 11.8 Å². The Morgan fingerprint density at radius 1 is 1.22 bits per heavy atom. The molecule has 0 amide bonds. The number of fused-ring (bicyclic) bond motifs is 5. The number of nitrogens with zero attached hydrogens (tertiary/aromatic N) is 5. The van der Waals surface area contributed by atoms with Crippen LogP contribution in [0.15, 0.2) is 30.5 Å². The van der Waals surface area contributed by atoms with Crippen molar-refractivity contribution in [3.63, 3.8) is 0 Å². The van der Waals surface area contributed by atoms with Gasteiger partial charge in [-0.15, -0.1) is 6.42 Å². The predicted octanol–water partition coefficient (Wildman–Crippen LogP) is 5.38. The third-order valence-electron chi connectivity index (χ3n) is 10.2. The summed E-state index contributed by atoms with van der Waals surface area (Å²) < 4.78 is 58.2. The molecule has 2 bridgehead atoms. The molecule has 8 rings (SSSR count). The van der Waals surface area contributed by atoms with E-state index < -0.39 is 23.3 Å². The molecule has 5 atom stereocenters. The van der Waals surface area contributed by atoms with Gasteiger partial charge in [0.15, 0.2) is 5.82 Å². The lowest BCUT2D eigenvalue weighted by Crippen LogP contribution is -2.59. The number of halogens is 3. The molecule has 8 nitrogen and oxygen atoms in total. The maximum Gasteiger partial charge on any atom is 0.319 e. The molecular formula is C34H32F3N5O3. The fourth-order valence-corrected chi connectivity index (χ4v) is 8.00. The maximum atomic E-state index is 16.8. The number of benzene rings is 2. The second-order valence-corrected chi connectivity index (χ2v) is 12.9. The van der Waals surface area contributed by atoms with Gasteiger partial charge in [-0.05, 0) is 55.3 Å². The fraction of sp³-hybridized carbons (Fsp3) is 0.441. The van der Waals surface area contributed by atoms with E-state index in [1.54, 1.807) is 0 Å². The molecule has 0 aliphatic carbocycles. The maximum absolute atomic E-state index is 16.8. The molecule has 4 aliphatic heterocycles. The van der Waals surface area contributed by atoms with Gasteiger partial charge < -0.3 is 19.5 Å². The highest BCUT2D eigenvalue weighted by atomic mass is 19.1. The summed E-state index contributed by atoms with van der Waals surface area (Å²) in [6.45, 7) is 4.62. The number of pyridine rings is 1. The van der Waals surface area contributed by atoms with Crippen LogP contribution in [0.4, 0.5) is 19.0 Å². The van der Waals surface area contributed by atoms with Gasteiger partial charge in [0, 0.05) is 36.2 Å². The molecule has 11 heteroatoms. The Bertz CT molecular complexity index is 1900. The number of anilines is 1. The van der Waals surface area contributed by atoms with Crippen LogP contribution in [0, 0.1) is 29.9 Å². The zero-order chi connectivity index (χ0) is 31.0. The second kappa shape index (κ2) is 10.5. The molecule has 2 aromatic carbocycles. The van der Waals surface area contributed by atoms with Crippen molar-refractivity contribution in [2.24, 2.45) is 5.92 Å². The number of aromatic nitrogens is 3.